The summed E-state index contributed by atoms with van der Waals surface area (Å²) >= 11 is 0. The molecule has 0 saturated carbocycles. The van der Waals surface area contributed by atoms with Gasteiger partial charge in [-0.1, -0.05) is 18.2 Å². The fourth-order valence-corrected chi connectivity index (χ4v) is 5.84. The van der Waals surface area contributed by atoms with Gasteiger partial charge in [-0.2, -0.15) is 0 Å². The highest BCUT2D eigenvalue weighted by Gasteiger charge is 2.39. The van der Waals surface area contributed by atoms with Crippen molar-refractivity contribution in [1.29, 1.82) is 0 Å². The van der Waals surface area contributed by atoms with Gasteiger partial charge in [0, 0.05) is 13.5 Å². The van der Waals surface area contributed by atoms with E-state index in [0.29, 0.717) is 5.06 Å². The number of aryl methyl sites for hydroxylation is 1. The molecule has 39 heavy (non-hydrogen) atoms. The lowest BCUT2D eigenvalue weighted by atomic mass is 9.86. The summed E-state index contributed by atoms with van der Waals surface area (Å²) in [4.78, 5) is 36.3. The van der Waals surface area contributed by atoms with E-state index in [9.17, 15) is 24.2 Å². The van der Waals surface area contributed by atoms with Crippen LogP contribution in [0.15, 0.2) is 18.2 Å². The van der Waals surface area contributed by atoms with E-state index in [1.807, 2.05) is 12.1 Å². The van der Waals surface area contributed by atoms with Gasteiger partial charge >= 0.3 is 19.5 Å². The van der Waals surface area contributed by atoms with Crippen LogP contribution in [-0.4, -0.2) is 53.9 Å². The maximum Gasteiger partial charge on any atom is 0.339 e. The molecule has 1 aliphatic carbocycles. The Hall–Kier alpha value is -2.26. The number of rotatable bonds is 12. The van der Waals surface area contributed by atoms with E-state index in [1.165, 1.54) is 18.1 Å². The lowest BCUT2D eigenvalue weighted by Crippen LogP contribution is -2.31. The predicted molar refractivity (Wildman–Crippen MR) is 145 cm³/mol. The van der Waals surface area contributed by atoms with Gasteiger partial charge < -0.3 is 9.47 Å². The van der Waals surface area contributed by atoms with Gasteiger partial charge in [0.15, 0.2) is 0 Å². The molecule has 10 nitrogen and oxygen atoms in total. The number of ether oxygens (including phenoxy) is 2. The van der Waals surface area contributed by atoms with Crippen molar-refractivity contribution in [3.05, 3.63) is 34.9 Å². The first-order valence-corrected chi connectivity index (χ1v) is 15.0. The monoisotopic (exact) mass is 569 g/mol. The van der Waals surface area contributed by atoms with Gasteiger partial charge in [0.1, 0.15) is 0 Å². The van der Waals surface area contributed by atoms with Gasteiger partial charge in [-0.3, -0.25) is 33.2 Å². The molecule has 220 valence electrons. The molecule has 1 atom stereocenters. The van der Waals surface area contributed by atoms with Crippen molar-refractivity contribution in [3.63, 3.8) is 0 Å². The zero-order valence-electron chi connectivity index (χ0n) is 24.3. The van der Waals surface area contributed by atoms with Crippen LogP contribution in [0.25, 0.3) is 0 Å². The topological polar surface area (TPSA) is 129 Å². The molecule has 0 aliphatic heterocycles. The Bertz CT molecular complexity index is 1020. The van der Waals surface area contributed by atoms with E-state index >= 15 is 0 Å². The summed E-state index contributed by atoms with van der Waals surface area (Å²) in [5.74, 6) is -1.68. The molecule has 1 amide bonds. The average Bonchev–Trinajstić information content (AvgIpc) is 2.84. The summed E-state index contributed by atoms with van der Waals surface area (Å²) in [6.45, 7) is 9.87. The van der Waals surface area contributed by atoms with Crippen LogP contribution < -0.4 is 0 Å². The second-order valence-electron chi connectivity index (χ2n) is 11.9. The molecule has 0 heterocycles. The summed E-state index contributed by atoms with van der Waals surface area (Å²) in [7, 11) is -4.14. The van der Waals surface area contributed by atoms with Gasteiger partial charge in [0.05, 0.1) is 16.5 Å². The highest BCUT2D eigenvalue weighted by molar-refractivity contribution is 7.54. The SMILES string of the molecule is CC(=O)N(O)CCC(Cc1cccc2c1CCCC2)P(=O)(OCOC(=O)C(C)(C)C)OCOC(=O)C(C)(C)C. The molecule has 11 heteroatoms. The molecule has 1 unspecified atom stereocenters. The molecule has 0 bridgehead atoms. The molecule has 0 aromatic heterocycles. The first-order chi connectivity index (χ1) is 18.0. The fraction of sp³-hybridized carbons (Fsp3) is 0.679. The number of nitrogens with zero attached hydrogens (tertiary/aromatic N) is 1. The van der Waals surface area contributed by atoms with Gasteiger partial charge in [0.2, 0.25) is 19.5 Å². The van der Waals surface area contributed by atoms with Gasteiger partial charge in [-0.25, -0.2) is 5.06 Å². The fourth-order valence-electron chi connectivity index (χ4n) is 4.09. The molecule has 0 radical (unpaired) electrons. The maximum absolute atomic E-state index is 14.3. The Kier molecular flexibility index (Phi) is 11.7. The molecule has 1 aromatic carbocycles. The Morgan fingerprint density at radius 2 is 1.49 bits per heavy atom. The Labute approximate surface area is 231 Å². The summed E-state index contributed by atoms with van der Waals surface area (Å²) in [6, 6.07) is 6.00. The number of carbonyl (C=O) groups excluding carboxylic acids is 3. The number of carbonyl (C=O) groups is 3. The normalized spacial score (nSPS) is 14.8. The first kappa shape index (κ1) is 32.9. The minimum absolute atomic E-state index is 0.0530. The third-order valence-corrected chi connectivity index (χ3v) is 8.77. The molecule has 1 N–H and O–H groups in total. The second-order valence-corrected chi connectivity index (χ2v) is 14.3. The third kappa shape index (κ3) is 10.0. The molecule has 0 fully saturated rings. The van der Waals surface area contributed by atoms with E-state index in [0.717, 1.165) is 31.2 Å². The number of fused-ring (bicyclic) bond motifs is 1. The molecule has 1 aliphatic rings. The standard InChI is InChI=1S/C28H44NO9P/c1-20(30)29(33)16-15-23(17-22-13-10-12-21-11-8-9-14-24(21)22)39(34,37-18-35-25(31)27(2,3)4)38-19-36-26(32)28(5,6)7/h10,12-13,23,33H,8-9,11,14-19H2,1-7H3. The molecule has 0 saturated heterocycles. The van der Waals surface area contributed by atoms with Crippen LogP contribution >= 0.6 is 7.60 Å². The van der Waals surface area contributed by atoms with Crippen LogP contribution in [0.2, 0.25) is 0 Å². The number of esters is 2. The molecule has 1 aromatic rings. The molecule has 2 rings (SSSR count). The van der Waals surface area contributed by atoms with E-state index in [-0.39, 0.29) is 19.4 Å². The van der Waals surface area contributed by atoms with Crippen molar-refractivity contribution < 1.29 is 42.7 Å². The van der Waals surface area contributed by atoms with Gasteiger partial charge in [0.25, 0.3) is 0 Å². The lowest BCUT2D eigenvalue weighted by molar-refractivity contribution is -0.164. The number of hydroxylamine groups is 2. The average molecular weight is 570 g/mol. The summed E-state index contributed by atoms with van der Waals surface area (Å²) in [6.07, 6.45) is 4.29. The maximum atomic E-state index is 14.3. The highest BCUT2D eigenvalue weighted by Crippen LogP contribution is 2.56. The van der Waals surface area contributed by atoms with Gasteiger partial charge in [-0.05, 0) is 96.8 Å². The minimum atomic E-state index is -4.14. The number of benzene rings is 1. The van der Waals surface area contributed by atoms with Crippen molar-refractivity contribution in [2.75, 3.05) is 20.1 Å². The van der Waals surface area contributed by atoms with Crippen molar-refractivity contribution in [2.24, 2.45) is 10.8 Å². The largest absolute Gasteiger partial charge is 0.438 e. The van der Waals surface area contributed by atoms with Crippen LogP contribution in [0.4, 0.5) is 0 Å². The van der Waals surface area contributed by atoms with Crippen LogP contribution in [0.1, 0.15) is 84.4 Å². The minimum Gasteiger partial charge on any atom is -0.438 e. The van der Waals surface area contributed by atoms with Crippen molar-refractivity contribution >= 4 is 25.4 Å². The summed E-state index contributed by atoms with van der Waals surface area (Å²) in [5, 5.41) is 10.6. The molecule has 0 spiro atoms. The molecular formula is C28H44NO9P. The zero-order valence-corrected chi connectivity index (χ0v) is 25.2. The third-order valence-electron chi connectivity index (χ3n) is 6.50. The summed E-state index contributed by atoms with van der Waals surface area (Å²) < 4.78 is 36.0. The van der Waals surface area contributed by atoms with Crippen molar-refractivity contribution in [1.82, 2.24) is 5.06 Å². The number of hydrogen-bond acceptors (Lipinski definition) is 9. The van der Waals surface area contributed by atoms with E-state index in [4.69, 9.17) is 18.5 Å². The Morgan fingerprint density at radius 3 is 2.00 bits per heavy atom. The van der Waals surface area contributed by atoms with E-state index in [1.54, 1.807) is 41.5 Å². The Morgan fingerprint density at radius 1 is 0.949 bits per heavy atom. The van der Waals surface area contributed by atoms with Gasteiger partial charge in [-0.15, -0.1) is 0 Å². The number of amides is 1. The zero-order chi connectivity index (χ0) is 29.4. The first-order valence-electron chi connectivity index (χ1n) is 13.3. The Balaban J connectivity index is 2.37. The van der Waals surface area contributed by atoms with E-state index in [2.05, 4.69) is 6.07 Å². The van der Waals surface area contributed by atoms with Crippen LogP contribution in [0.5, 0.6) is 0 Å². The quantitative estimate of drug-likeness (QED) is 0.115. The predicted octanol–water partition coefficient (Wildman–Crippen LogP) is 5.42. The second kappa shape index (κ2) is 13.9. The van der Waals surface area contributed by atoms with Crippen molar-refractivity contribution in [2.45, 2.75) is 92.7 Å². The number of hydrogen-bond donors (Lipinski definition) is 1. The van der Waals surface area contributed by atoms with Crippen LogP contribution in [0, 0.1) is 10.8 Å². The molecular weight excluding hydrogens is 525 g/mol. The highest BCUT2D eigenvalue weighted by atomic mass is 31.2. The summed E-state index contributed by atoms with van der Waals surface area (Å²) in [5.41, 5.74) is 0.929. The van der Waals surface area contributed by atoms with Crippen LogP contribution in [0.3, 0.4) is 0 Å². The lowest BCUT2D eigenvalue weighted by Gasteiger charge is -2.30. The van der Waals surface area contributed by atoms with E-state index < -0.39 is 55.5 Å². The smallest absolute Gasteiger partial charge is 0.339 e. The van der Waals surface area contributed by atoms with Crippen LogP contribution in [-0.2, 0) is 56.7 Å². The van der Waals surface area contributed by atoms with Crippen molar-refractivity contribution in [3.8, 4) is 0 Å².